The van der Waals surface area contributed by atoms with Gasteiger partial charge in [-0.2, -0.15) is 23.7 Å². The first kappa shape index (κ1) is 39.8. The van der Waals surface area contributed by atoms with Gasteiger partial charge in [0.1, 0.15) is 24.4 Å². The average Bonchev–Trinajstić information content (AvgIpc) is 3.50. The Hall–Kier alpha value is -4.87. The lowest BCUT2D eigenvalue weighted by Crippen LogP contribution is -2.57. The van der Waals surface area contributed by atoms with Crippen molar-refractivity contribution in [1.82, 2.24) is 34.8 Å². The topological polar surface area (TPSA) is 146 Å². The number of ether oxygens (including phenoxy) is 1. The Labute approximate surface area is 317 Å². The quantitative estimate of drug-likeness (QED) is 0.169. The van der Waals surface area contributed by atoms with Crippen molar-refractivity contribution in [1.29, 1.82) is 0 Å². The van der Waals surface area contributed by atoms with Gasteiger partial charge in [0.2, 0.25) is 0 Å². The molecule has 12 nitrogen and oxygen atoms in total. The summed E-state index contributed by atoms with van der Waals surface area (Å²) in [4.78, 5) is 37.2. The second-order valence-electron chi connectivity index (χ2n) is 15.3. The standard InChI is InChI=1S/C36H40ClF6N9O3/c1-33(2,43)17-36(35(5)11-10-19(13-26(35)38)21-14-46-50(15-21)22-7-8-22)29(53)51(31(44)48-36)25(16-55-32(54)49-34(3,4)28(39)40)20-6-9-24(37)23(12-20)27-45-18-47-52(27)30(41)42/h6,9-10,12-15,18,22,25,28,30H,7-8,11,16-17H2,1-5H3,(H2,44,48)(H,49,54)/t25-,35?,36+/m1/s1. The van der Waals surface area contributed by atoms with E-state index in [0.717, 1.165) is 37.9 Å². The van der Waals surface area contributed by atoms with E-state index in [0.29, 0.717) is 15.8 Å². The molecular weight excluding hydrogens is 756 g/mol. The highest BCUT2D eigenvalue weighted by Gasteiger charge is 2.64. The number of hydrogen-bond acceptors (Lipinski definition) is 8. The first-order valence-electron chi connectivity index (χ1n) is 17.4. The van der Waals surface area contributed by atoms with Crippen LogP contribution in [-0.4, -0.2) is 77.2 Å². The third-order valence-corrected chi connectivity index (χ3v) is 10.5. The van der Waals surface area contributed by atoms with Gasteiger partial charge in [-0.25, -0.2) is 32.3 Å². The summed E-state index contributed by atoms with van der Waals surface area (Å²) in [7, 11) is 0. The van der Waals surface area contributed by atoms with E-state index in [2.05, 4.69) is 25.5 Å². The van der Waals surface area contributed by atoms with E-state index in [4.69, 9.17) is 22.1 Å². The fourth-order valence-electron chi connectivity index (χ4n) is 6.87. The van der Waals surface area contributed by atoms with Crippen molar-refractivity contribution in [3.05, 3.63) is 71.0 Å². The minimum Gasteiger partial charge on any atom is -0.447 e. The number of alkyl carbamates (subject to hydrolysis) is 1. The minimum atomic E-state index is -3.12. The normalized spacial score (nSPS) is 22.5. The summed E-state index contributed by atoms with van der Waals surface area (Å²) in [6.07, 6.45) is 4.21. The highest BCUT2D eigenvalue weighted by molar-refractivity contribution is 6.33. The first-order chi connectivity index (χ1) is 25.7. The van der Waals surface area contributed by atoms with Crippen molar-refractivity contribution < 1.29 is 40.7 Å². The predicted octanol–water partition coefficient (Wildman–Crippen LogP) is 7.72. The molecule has 2 amide bonds. The molecule has 55 heavy (non-hydrogen) atoms. The van der Waals surface area contributed by atoms with Crippen LogP contribution in [0.25, 0.3) is 17.0 Å². The van der Waals surface area contributed by atoms with Crippen LogP contribution >= 0.6 is 11.6 Å². The van der Waals surface area contributed by atoms with Gasteiger partial charge in [-0.15, -0.1) is 0 Å². The monoisotopic (exact) mass is 795 g/mol. The molecule has 3 aromatic rings. The lowest BCUT2D eigenvalue weighted by atomic mass is 9.62. The van der Waals surface area contributed by atoms with Gasteiger partial charge in [0, 0.05) is 23.7 Å². The van der Waals surface area contributed by atoms with Crippen LogP contribution in [0.1, 0.15) is 90.1 Å². The van der Waals surface area contributed by atoms with E-state index < -0.39 is 78.0 Å². The van der Waals surface area contributed by atoms with Gasteiger partial charge in [-0.1, -0.05) is 30.7 Å². The van der Waals surface area contributed by atoms with Gasteiger partial charge >= 0.3 is 12.6 Å². The van der Waals surface area contributed by atoms with E-state index in [-0.39, 0.29) is 34.4 Å². The number of nitrogens with zero attached hydrogens (tertiary/aromatic N) is 7. The molecule has 296 valence electrons. The summed E-state index contributed by atoms with van der Waals surface area (Å²) in [6.45, 7) is 2.09. The van der Waals surface area contributed by atoms with Crippen LogP contribution in [0.15, 0.2) is 59.9 Å². The lowest BCUT2D eigenvalue weighted by Gasteiger charge is -2.45. The van der Waals surface area contributed by atoms with E-state index >= 15 is 13.6 Å². The second-order valence-corrected chi connectivity index (χ2v) is 15.7. The van der Waals surface area contributed by atoms with Gasteiger partial charge in [-0.05, 0) is 76.3 Å². The average molecular weight is 796 g/mol. The number of aromatic nitrogens is 5. The lowest BCUT2D eigenvalue weighted by molar-refractivity contribution is -0.139. The van der Waals surface area contributed by atoms with Crippen LogP contribution in [0.3, 0.4) is 0 Å². The highest BCUT2D eigenvalue weighted by Crippen LogP contribution is 2.55. The maximum absolute atomic E-state index is 16.8. The molecule has 2 aliphatic carbocycles. The summed E-state index contributed by atoms with van der Waals surface area (Å²) in [5.74, 6) is -2.60. The van der Waals surface area contributed by atoms with Crippen molar-refractivity contribution in [2.24, 2.45) is 16.1 Å². The Morgan fingerprint density at radius 3 is 2.49 bits per heavy atom. The summed E-state index contributed by atoms with van der Waals surface area (Å²) < 4.78 is 95.0. The maximum atomic E-state index is 16.8. The number of hydrogen-bond donors (Lipinski definition) is 2. The summed E-state index contributed by atoms with van der Waals surface area (Å²) in [6, 6.07) is 2.78. The molecule has 1 unspecified atom stereocenters. The van der Waals surface area contributed by atoms with Crippen LogP contribution in [0, 0.1) is 5.41 Å². The van der Waals surface area contributed by atoms with Crippen LogP contribution in [0.5, 0.6) is 0 Å². The largest absolute Gasteiger partial charge is 0.447 e. The molecule has 1 aliphatic heterocycles. The van der Waals surface area contributed by atoms with Crippen molar-refractivity contribution in [2.75, 3.05) is 6.61 Å². The second kappa shape index (κ2) is 14.3. The van der Waals surface area contributed by atoms with Crippen LogP contribution < -0.4 is 11.1 Å². The number of guanidine groups is 1. The molecule has 0 radical (unpaired) electrons. The maximum Gasteiger partial charge on any atom is 0.407 e. The van der Waals surface area contributed by atoms with E-state index in [1.165, 1.54) is 45.0 Å². The SMILES string of the molecule is CC(C)(F)C[C@]1(C2(C)CC=C(c3cnn(C4CC4)c3)C=C2F)N=C(N)N([C@H](COC(=O)NC(C)(C)C(F)F)c2ccc(Cl)c(-c3ncnn3C(F)F)c2)C1=O. The molecule has 1 aromatic carbocycles. The van der Waals surface area contributed by atoms with Crippen molar-refractivity contribution >= 4 is 35.1 Å². The fraction of sp³-hybridized carbons (Fsp3) is 0.500. The molecule has 1 saturated carbocycles. The Balaban J connectivity index is 1.41. The third-order valence-electron chi connectivity index (χ3n) is 10.1. The Morgan fingerprint density at radius 2 is 1.87 bits per heavy atom. The van der Waals surface area contributed by atoms with E-state index in [1.54, 1.807) is 12.3 Å². The molecule has 3 aliphatic rings. The molecular formula is C36H40ClF6N9O3. The summed E-state index contributed by atoms with van der Waals surface area (Å²) in [5, 5.41) is 9.92. The van der Waals surface area contributed by atoms with Gasteiger partial charge in [0.15, 0.2) is 17.3 Å². The Morgan fingerprint density at radius 1 is 1.16 bits per heavy atom. The number of rotatable bonds is 13. The smallest absolute Gasteiger partial charge is 0.407 e. The molecule has 1 fully saturated rings. The highest BCUT2D eigenvalue weighted by atomic mass is 35.5. The molecule has 19 heteroatoms. The van der Waals surface area contributed by atoms with Crippen LogP contribution in [0.2, 0.25) is 5.02 Å². The van der Waals surface area contributed by atoms with Gasteiger partial charge in [0.05, 0.1) is 34.3 Å². The van der Waals surface area contributed by atoms with Gasteiger partial charge < -0.3 is 15.8 Å². The molecule has 0 bridgehead atoms. The van der Waals surface area contributed by atoms with Gasteiger partial charge in [-0.3, -0.25) is 14.4 Å². The number of carbonyl (C=O) groups excluding carboxylic acids is 2. The number of benzene rings is 1. The molecule has 2 aromatic heterocycles. The molecule has 6 rings (SSSR count). The van der Waals surface area contributed by atoms with Crippen LogP contribution in [-0.2, 0) is 9.53 Å². The Kier molecular flexibility index (Phi) is 10.4. The molecule has 3 heterocycles. The number of carbonyl (C=O) groups is 2. The number of nitrogens with two attached hydrogens (primary N) is 1. The molecule has 3 N–H and O–H groups in total. The number of nitrogens with one attached hydrogen (secondary N) is 1. The summed E-state index contributed by atoms with van der Waals surface area (Å²) >= 11 is 6.42. The zero-order valence-corrected chi connectivity index (χ0v) is 31.3. The van der Waals surface area contributed by atoms with E-state index in [1.807, 2.05) is 10.9 Å². The number of allylic oxidation sites excluding steroid dienone is 3. The summed E-state index contributed by atoms with van der Waals surface area (Å²) in [5.41, 5.74) is -0.486. The zero-order valence-electron chi connectivity index (χ0n) is 30.5. The zero-order chi connectivity index (χ0) is 40.2. The minimum absolute atomic E-state index is 0.0511. The van der Waals surface area contributed by atoms with Crippen molar-refractivity contribution in [3.8, 4) is 11.4 Å². The van der Waals surface area contributed by atoms with Crippen molar-refractivity contribution in [2.45, 2.75) is 102 Å². The number of aliphatic imine (C=N–C) groups is 1. The van der Waals surface area contributed by atoms with E-state index in [9.17, 15) is 22.4 Å². The number of alkyl halides is 5. The first-order valence-corrected chi connectivity index (χ1v) is 17.8. The van der Waals surface area contributed by atoms with Gasteiger partial charge in [0.25, 0.3) is 12.3 Å². The number of amides is 2. The van der Waals surface area contributed by atoms with Crippen molar-refractivity contribution in [3.63, 3.8) is 0 Å². The third kappa shape index (κ3) is 7.56. The Bertz CT molecular complexity index is 2070. The predicted molar refractivity (Wildman–Crippen MR) is 190 cm³/mol. The fourth-order valence-corrected chi connectivity index (χ4v) is 7.08. The number of halogens is 7. The molecule has 0 spiro atoms. The van der Waals surface area contributed by atoms with Crippen LogP contribution in [0.4, 0.5) is 31.1 Å². The molecule has 0 saturated heterocycles. The molecule has 3 atom stereocenters.